The smallest absolute Gasteiger partial charge is 0.343 e. The average molecular weight is 325 g/mol. The lowest BCUT2D eigenvalue weighted by molar-refractivity contribution is 0.0524. The SMILES string of the molecule is CCCn1cc(C(=O)OCC)c(=O)c2cc(F)c(F)c(OC)c21. The molecule has 0 unspecified atom stereocenters. The molecule has 0 amide bonds. The summed E-state index contributed by atoms with van der Waals surface area (Å²) in [5.74, 6) is -3.54. The quantitative estimate of drug-likeness (QED) is 0.793. The molecule has 1 heterocycles. The zero-order valence-electron chi connectivity index (χ0n) is 13.1. The van der Waals surface area contributed by atoms with Crippen LogP contribution in [0.2, 0.25) is 0 Å². The summed E-state index contributed by atoms with van der Waals surface area (Å²) in [6.45, 7) is 3.98. The van der Waals surface area contributed by atoms with Crippen LogP contribution >= 0.6 is 0 Å². The molecule has 0 aliphatic rings. The molecule has 0 atom stereocenters. The highest BCUT2D eigenvalue weighted by Crippen LogP contribution is 2.30. The van der Waals surface area contributed by atoms with E-state index in [9.17, 15) is 18.4 Å². The van der Waals surface area contributed by atoms with Gasteiger partial charge in [0.05, 0.1) is 24.6 Å². The van der Waals surface area contributed by atoms with E-state index in [4.69, 9.17) is 9.47 Å². The van der Waals surface area contributed by atoms with Crippen molar-refractivity contribution in [3.8, 4) is 5.75 Å². The Morgan fingerprint density at radius 1 is 1.30 bits per heavy atom. The van der Waals surface area contributed by atoms with Gasteiger partial charge >= 0.3 is 5.97 Å². The first kappa shape index (κ1) is 16.9. The molecule has 0 fully saturated rings. The van der Waals surface area contributed by atoms with E-state index in [1.807, 2.05) is 6.92 Å². The van der Waals surface area contributed by atoms with Gasteiger partial charge in [0.15, 0.2) is 11.6 Å². The minimum Gasteiger partial charge on any atom is -0.491 e. The summed E-state index contributed by atoms with van der Waals surface area (Å²) >= 11 is 0. The number of methoxy groups -OCH3 is 1. The molecule has 0 aliphatic carbocycles. The number of aromatic nitrogens is 1. The predicted molar refractivity (Wildman–Crippen MR) is 80.9 cm³/mol. The maximum atomic E-state index is 14.0. The van der Waals surface area contributed by atoms with Gasteiger partial charge in [0.2, 0.25) is 11.2 Å². The summed E-state index contributed by atoms with van der Waals surface area (Å²) in [4.78, 5) is 24.4. The zero-order valence-corrected chi connectivity index (χ0v) is 13.1. The Kier molecular flexibility index (Phi) is 4.98. The van der Waals surface area contributed by atoms with Gasteiger partial charge in [0.1, 0.15) is 5.56 Å². The monoisotopic (exact) mass is 325 g/mol. The third kappa shape index (κ3) is 2.91. The van der Waals surface area contributed by atoms with Crippen LogP contribution in [0.1, 0.15) is 30.6 Å². The second-order valence-electron chi connectivity index (χ2n) is 4.89. The number of rotatable bonds is 5. The van der Waals surface area contributed by atoms with Crippen molar-refractivity contribution >= 4 is 16.9 Å². The second-order valence-corrected chi connectivity index (χ2v) is 4.89. The number of carbonyl (C=O) groups excluding carboxylic acids is 1. The van der Waals surface area contributed by atoms with Crippen LogP contribution in [0.3, 0.4) is 0 Å². The van der Waals surface area contributed by atoms with E-state index in [1.165, 1.54) is 17.9 Å². The fraction of sp³-hybridized carbons (Fsp3) is 0.375. The van der Waals surface area contributed by atoms with Gasteiger partial charge in [0, 0.05) is 12.7 Å². The number of benzene rings is 1. The Morgan fingerprint density at radius 3 is 2.57 bits per heavy atom. The van der Waals surface area contributed by atoms with Crippen LogP contribution in [0.5, 0.6) is 5.75 Å². The van der Waals surface area contributed by atoms with Gasteiger partial charge in [-0.05, 0) is 19.4 Å². The third-order valence-electron chi connectivity index (χ3n) is 3.38. The number of hydrogen-bond acceptors (Lipinski definition) is 4. The molecule has 5 nitrogen and oxygen atoms in total. The van der Waals surface area contributed by atoms with Crippen molar-refractivity contribution in [1.29, 1.82) is 0 Å². The van der Waals surface area contributed by atoms with Gasteiger partial charge in [-0.15, -0.1) is 0 Å². The van der Waals surface area contributed by atoms with Gasteiger partial charge in [-0.3, -0.25) is 4.79 Å². The standard InChI is InChI=1S/C16H17F2NO4/c1-4-6-19-8-10(16(21)23-5-2)14(20)9-7-11(17)12(18)15(22-3)13(9)19/h7-8H,4-6H2,1-3H3. The Balaban J connectivity index is 2.92. The van der Waals surface area contributed by atoms with Gasteiger partial charge < -0.3 is 14.0 Å². The average Bonchev–Trinajstić information content (AvgIpc) is 2.52. The van der Waals surface area contributed by atoms with Crippen LogP contribution in [-0.2, 0) is 11.3 Å². The van der Waals surface area contributed by atoms with Gasteiger partial charge in [-0.2, -0.15) is 4.39 Å². The number of hydrogen-bond donors (Lipinski definition) is 0. The fourth-order valence-corrected chi connectivity index (χ4v) is 2.43. The maximum Gasteiger partial charge on any atom is 0.343 e. The Hall–Kier alpha value is -2.44. The molecular weight excluding hydrogens is 308 g/mol. The lowest BCUT2D eigenvalue weighted by Crippen LogP contribution is -2.22. The number of halogens is 2. The molecule has 0 bridgehead atoms. The van der Waals surface area contributed by atoms with Crippen molar-refractivity contribution in [3.63, 3.8) is 0 Å². The summed E-state index contributed by atoms with van der Waals surface area (Å²) in [6.07, 6.45) is 1.95. The van der Waals surface area contributed by atoms with E-state index >= 15 is 0 Å². The molecule has 0 saturated heterocycles. The number of aryl methyl sites for hydroxylation is 1. The third-order valence-corrected chi connectivity index (χ3v) is 3.38. The molecule has 124 valence electrons. The van der Waals surface area contributed by atoms with Crippen LogP contribution in [0.4, 0.5) is 8.78 Å². The topological polar surface area (TPSA) is 57.5 Å². The number of pyridine rings is 1. The van der Waals surface area contributed by atoms with Crippen LogP contribution in [0, 0.1) is 11.6 Å². The normalized spacial score (nSPS) is 10.8. The zero-order chi connectivity index (χ0) is 17.1. The molecule has 23 heavy (non-hydrogen) atoms. The first-order chi connectivity index (χ1) is 11.0. The van der Waals surface area contributed by atoms with Crippen molar-refractivity contribution < 1.29 is 23.0 Å². The number of nitrogens with zero attached hydrogens (tertiary/aromatic N) is 1. The molecule has 1 aromatic heterocycles. The maximum absolute atomic E-state index is 14.0. The summed E-state index contributed by atoms with van der Waals surface area (Å²) in [5, 5.41) is -0.125. The van der Waals surface area contributed by atoms with Crippen molar-refractivity contribution in [1.82, 2.24) is 4.57 Å². The van der Waals surface area contributed by atoms with Gasteiger partial charge in [-0.25, -0.2) is 9.18 Å². The second kappa shape index (κ2) is 6.76. The Labute approximate surface area is 131 Å². The highest BCUT2D eigenvalue weighted by atomic mass is 19.2. The Morgan fingerprint density at radius 2 is 2.00 bits per heavy atom. The molecule has 2 aromatic rings. The molecule has 2 rings (SSSR count). The number of ether oxygens (including phenoxy) is 2. The molecule has 0 spiro atoms. The minimum atomic E-state index is -1.21. The number of carbonyl (C=O) groups is 1. The molecular formula is C16H17F2NO4. The van der Waals surface area contributed by atoms with Crippen molar-refractivity contribution in [2.75, 3.05) is 13.7 Å². The Bertz CT molecular complexity index is 814. The van der Waals surface area contributed by atoms with E-state index in [1.54, 1.807) is 6.92 Å². The minimum absolute atomic E-state index is 0.102. The number of fused-ring (bicyclic) bond motifs is 1. The molecule has 0 saturated carbocycles. The highest BCUT2D eigenvalue weighted by molar-refractivity contribution is 5.95. The predicted octanol–water partition coefficient (Wildman–Crippen LogP) is 2.88. The summed E-state index contributed by atoms with van der Waals surface area (Å²) < 4.78 is 39.0. The van der Waals surface area contributed by atoms with Crippen molar-refractivity contribution in [2.24, 2.45) is 0 Å². The van der Waals surface area contributed by atoms with E-state index in [-0.39, 0.29) is 28.8 Å². The van der Waals surface area contributed by atoms with E-state index in [0.717, 1.165) is 6.07 Å². The van der Waals surface area contributed by atoms with Crippen molar-refractivity contribution in [3.05, 3.63) is 39.7 Å². The van der Waals surface area contributed by atoms with E-state index in [0.29, 0.717) is 13.0 Å². The lowest BCUT2D eigenvalue weighted by atomic mass is 10.1. The molecule has 1 aromatic carbocycles. The van der Waals surface area contributed by atoms with Crippen molar-refractivity contribution in [2.45, 2.75) is 26.8 Å². The summed E-state index contributed by atoms with van der Waals surface area (Å²) in [5.41, 5.74) is -0.824. The fourth-order valence-electron chi connectivity index (χ4n) is 2.43. The largest absolute Gasteiger partial charge is 0.491 e. The molecule has 0 N–H and O–H groups in total. The van der Waals surface area contributed by atoms with Gasteiger partial charge in [0.25, 0.3) is 0 Å². The van der Waals surface area contributed by atoms with Crippen LogP contribution in [0.25, 0.3) is 10.9 Å². The van der Waals surface area contributed by atoms with Crippen LogP contribution in [0.15, 0.2) is 17.1 Å². The molecule has 7 heteroatoms. The summed E-state index contributed by atoms with van der Waals surface area (Å²) in [6, 6.07) is 0.782. The summed E-state index contributed by atoms with van der Waals surface area (Å²) in [7, 11) is 1.19. The molecule has 0 radical (unpaired) electrons. The first-order valence-electron chi connectivity index (χ1n) is 7.22. The van der Waals surface area contributed by atoms with Crippen LogP contribution in [-0.4, -0.2) is 24.3 Å². The highest BCUT2D eigenvalue weighted by Gasteiger charge is 2.23. The van der Waals surface area contributed by atoms with E-state index < -0.39 is 23.0 Å². The van der Waals surface area contributed by atoms with E-state index in [2.05, 4.69) is 0 Å². The lowest BCUT2D eigenvalue weighted by Gasteiger charge is -2.15. The number of esters is 1. The molecule has 0 aliphatic heterocycles. The first-order valence-corrected chi connectivity index (χ1v) is 7.22. The van der Waals surface area contributed by atoms with Gasteiger partial charge in [-0.1, -0.05) is 6.92 Å². The van der Waals surface area contributed by atoms with Crippen LogP contribution < -0.4 is 10.2 Å².